The summed E-state index contributed by atoms with van der Waals surface area (Å²) in [5.41, 5.74) is -0.577. The van der Waals surface area contributed by atoms with Crippen LogP contribution in [0.5, 0.6) is 0 Å². The molecule has 0 amide bonds. The maximum Gasteiger partial charge on any atom is 0.265 e. The number of benzene rings is 1. The Bertz CT molecular complexity index is 740. The molecule has 1 aliphatic rings. The summed E-state index contributed by atoms with van der Waals surface area (Å²) in [6.07, 6.45) is -2.77. The fourth-order valence-corrected chi connectivity index (χ4v) is 3.01. The smallest absolute Gasteiger partial charge is 0.265 e. The number of anilines is 1. The summed E-state index contributed by atoms with van der Waals surface area (Å²) < 4.78 is 42.0. The number of hydrogen-bond acceptors (Lipinski definition) is 3. The SMILES string of the molecule is Cc1nnc2n1-c1c(cc(C(F)F)c(Br)c1F)NC2(C)C. The lowest BCUT2D eigenvalue weighted by atomic mass is 9.99. The quantitative estimate of drug-likeness (QED) is 0.833. The molecule has 1 aromatic heterocycles. The van der Waals surface area contributed by atoms with E-state index in [1.807, 2.05) is 13.8 Å². The van der Waals surface area contributed by atoms with Gasteiger partial charge in [-0.1, -0.05) is 0 Å². The van der Waals surface area contributed by atoms with Crippen LogP contribution in [0.4, 0.5) is 18.9 Å². The third-order valence-electron chi connectivity index (χ3n) is 3.50. The first kappa shape index (κ1) is 14.4. The zero-order chi connectivity index (χ0) is 15.5. The number of fused-ring (bicyclic) bond motifs is 3. The fraction of sp³-hybridized carbons (Fsp3) is 0.385. The summed E-state index contributed by atoms with van der Waals surface area (Å²) in [6, 6.07) is 1.26. The van der Waals surface area contributed by atoms with E-state index in [2.05, 4.69) is 31.4 Å². The number of nitrogens with zero attached hydrogens (tertiary/aromatic N) is 3. The van der Waals surface area contributed by atoms with E-state index in [9.17, 15) is 13.2 Å². The zero-order valence-electron chi connectivity index (χ0n) is 11.5. The molecule has 3 rings (SSSR count). The number of halogens is 4. The second-order valence-electron chi connectivity index (χ2n) is 5.45. The van der Waals surface area contributed by atoms with Gasteiger partial charge in [0.25, 0.3) is 6.43 Å². The van der Waals surface area contributed by atoms with Crippen molar-refractivity contribution >= 4 is 21.6 Å². The van der Waals surface area contributed by atoms with Crippen molar-refractivity contribution in [2.75, 3.05) is 5.32 Å². The lowest BCUT2D eigenvalue weighted by Gasteiger charge is -2.34. The molecule has 0 aliphatic carbocycles. The van der Waals surface area contributed by atoms with E-state index in [0.29, 0.717) is 17.3 Å². The second-order valence-corrected chi connectivity index (χ2v) is 6.24. The highest BCUT2D eigenvalue weighted by molar-refractivity contribution is 9.10. The molecule has 0 unspecified atom stereocenters. The third-order valence-corrected chi connectivity index (χ3v) is 4.30. The van der Waals surface area contributed by atoms with Gasteiger partial charge in [-0.25, -0.2) is 13.2 Å². The lowest BCUT2D eigenvalue weighted by Crippen LogP contribution is -2.36. The molecule has 112 valence electrons. The van der Waals surface area contributed by atoms with Crippen LogP contribution in [-0.2, 0) is 5.54 Å². The standard InChI is InChI=1S/C13H12BrF3N4/c1-5-19-20-12-13(2,3)18-7-4-6(11(16)17)8(14)9(15)10(7)21(5)12/h4,11,18H,1-3H3. The van der Waals surface area contributed by atoms with Crippen LogP contribution in [0.25, 0.3) is 5.69 Å². The molecule has 2 aromatic rings. The van der Waals surface area contributed by atoms with Gasteiger partial charge in [0.1, 0.15) is 11.5 Å². The van der Waals surface area contributed by atoms with Crippen LogP contribution in [0.2, 0.25) is 0 Å². The Balaban J connectivity index is 2.37. The van der Waals surface area contributed by atoms with E-state index in [-0.39, 0.29) is 15.7 Å². The van der Waals surface area contributed by atoms with Crippen molar-refractivity contribution in [1.82, 2.24) is 14.8 Å². The summed E-state index contributed by atoms with van der Waals surface area (Å²) >= 11 is 2.92. The van der Waals surface area contributed by atoms with Crippen LogP contribution in [-0.4, -0.2) is 14.8 Å². The highest BCUT2D eigenvalue weighted by atomic mass is 79.9. The molecule has 0 radical (unpaired) electrons. The first-order valence-electron chi connectivity index (χ1n) is 6.25. The summed E-state index contributed by atoms with van der Waals surface area (Å²) in [5.74, 6) is 0.273. The normalized spacial score (nSPS) is 15.6. The molecule has 8 heteroatoms. The Hall–Kier alpha value is -1.57. The van der Waals surface area contributed by atoms with Gasteiger partial charge in [-0.05, 0) is 42.8 Å². The lowest BCUT2D eigenvalue weighted by molar-refractivity contribution is 0.150. The van der Waals surface area contributed by atoms with Crippen LogP contribution in [0.3, 0.4) is 0 Å². The van der Waals surface area contributed by atoms with Gasteiger partial charge in [0.2, 0.25) is 0 Å². The Morgan fingerprint density at radius 2 is 2.00 bits per heavy atom. The molecule has 0 bridgehead atoms. The molecule has 1 aliphatic heterocycles. The molecule has 0 atom stereocenters. The molecule has 0 spiro atoms. The minimum Gasteiger partial charge on any atom is -0.371 e. The Labute approximate surface area is 127 Å². The van der Waals surface area contributed by atoms with Crippen molar-refractivity contribution in [3.8, 4) is 5.69 Å². The maximum absolute atomic E-state index is 14.6. The molecule has 21 heavy (non-hydrogen) atoms. The highest BCUT2D eigenvalue weighted by Gasteiger charge is 2.37. The van der Waals surface area contributed by atoms with Crippen LogP contribution in [0, 0.1) is 12.7 Å². The van der Waals surface area contributed by atoms with Crippen molar-refractivity contribution in [3.05, 3.63) is 33.6 Å². The first-order chi connectivity index (χ1) is 9.74. The van der Waals surface area contributed by atoms with E-state index in [1.54, 1.807) is 11.5 Å². The van der Waals surface area contributed by atoms with Gasteiger partial charge in [-0.3, -0.25) is 4.57 Å². The van der Waals surface area contributed by atoms with Crippen molar-refractivity contribution in [2.24, 2.45) is 0 Å². The highest BCUT2D eigenvalue weighted by Crippen LogP contribution is 2.43. The summed E-state index contributed by atoms with van der Waals surface area (Å²) in [4.78, 5) is 0. The summed E-state index contributed by atoms with van der Waals surface area (Å²) in [5, 5.41) is 11.1. The summed E-state index contributed by atoms with van der Waals surface area (Å²) in [6.45, 7) is 5.35. The number of nitrogens with one attached hydrogen (secondary N) is 1. The Kier molecular flexibility index (Phi) is 3.05. The Morgan fingerprint density at radius 1 is 1.33 bits per heavy atom. The van der Waals surface area contributed by atoms with Gasteiger partial charge in [0, 0.05) is 5.56 Å². The molecular formula is C13H12BrF3N4. The molecular weight excluding hydrogens is 349 g/mol. The average Bonchev–Trinajstić information content (AvgIpc) is 2.76. The van der Waals surface area contributed by atoms with Crippen molar-refractivity contribution in [1.29, 1.82) is 0 Å². The maximum atomic E-state index is 14.6. The average molecular weight is 361 g/mol. The number of aromatic nitrogens is 3. The Morgan fingerprint density at radius 3 is 2.62 bits per heavy atom. The zero-order valence-corrected chi connectivity index (χ0v) is 13.1. The van der Waals surface area contributed by atoms with E-state index < -0.39 is 17.8 Å². The van der Waals surface area contributed by atoms with Crippen LogP contribution >= 0.6 is 15.9 Å². The number of aryl methyl sites for hydroxylation is 1. The minimum atomic E-state index is -2.77. The number of rotatable bonds is 1. The van der Waals surface area contributed by atoms with Gasteiger partial charge in [0.15, 0.2) is 11.6 Å². The largest absolute Gasteiger partial charge is 0.371 e. The van der Waals surface area contributed by atoms with E-state index in [4.69, 9.17) is 0 Å². The van der Waals surface area contributed by atoms with Crippen LogP contribution < -0.4 is 5.32 Å². The minimum absolute atomic E-state index is 0.156. The van der Waals surface area contributed by atoms with Gasteiger partial charge in [-0.2, -0.15) is 0 Å². The van der Waals surface area contributed by atoms with Crippen LogP contribution in [0.1, 0.15) is 37.5 Å². The predicted octanol–water partition coefficient (Wildman–Crippen LogP) is 4.08. The van der Waals surface area contributed by atoms with Crippen LogP contribution in [0.15, 0.2) is 10.5 Å². The number of alkyl halides is 2. The topological polar surface area (TPSA) is 42.7 Å². The van der Waals surface area contributed by atoms with Gasteiger partial charge >= 0.3 is 0 Å². The molecule has 0 saturated heterocycles. The molecule has 0 fully saturated rings. The first-order valence-corrected chi connectivity index (χ1v) is 7.04. The second kappa shape index (κ2) is 4.46. The molecule has 1 N–H and O–H groups in total. The number of hydrogen-bond donors (Lipinski definition) is 1. The predicted molar refractivity (Wildman–Crippen MR) is 75.4 cm³/mol. The van der Waals surface area contributed by atoms with Crippen molar-refractivity contribution in [3.63, 3.8) is 0 Å². The van der Waals surface area contributed by atoms with Crippen molar-refractivity contribution < 1.29 is 13.2 Å². The van der Waals surface area contributed by atoms with E-state index >= 15 is 0 Å². The van der Waals surface area contributed by atoms with Gasteiger partial charge in [-0.15, -0.1) is 10.2 Å². The summed E-state index contributed by atoms with van der Waals surface area (Å²) in [7, 11) is 0. The van der Waals surface area contributed by atoms with E-state index in [0.717, 1.165) is 0 Å². The molecule has 4 nitrogen and oxygen atoms in total. The fourth-order valence-electron chi connectivity index (χ4n) is 2.54. The molecule has 1 aromatic carbocycles. The van der Waals surface area contributed by atoms with Crippen molar-refractivity contribution in [2.45, 2.75) is 32.7 Å². The molecule has 0 saturated carbocycles. The monoisotopic (exact) mass is 360 g/mol. The van der Waals surface area contributed by atoms with Gasteiger partial charge < -0.3 is 5.32 Å². The third kappa shape index (κ3) is 1.96. The molecule has 2 heterocycles. The van der Waals surface area contributed by atoms with Gasteiger partial charge in [0.05, 0.1) is 15.7 Å². The van der Waals surface area contributed by atoms with E-state index in [1.165, 1.54) is 6.07 Å².